The van der Waals surface area contributed by atoms with Gasteiger partial charge in [-0.15, -0.1) is 0 Å². The highest BCUT2D eigenvalue weighted by molar-refractivity contribution is 6.48. The molecule has 2 atom stereocenters. The van der Waals surface area contributed by atoms with Gasteiger partial charge >= 0.3 is 6.18 Å². The molecule has 0 aliphatic carbocycles. The van der Waals surface area contributed by atoms with E-state index in [9.17, 15) is 18.0 Å². The molecule has 156 valence electrons. The van der Waals surface area contributed by atoms with E-state index in [1.807, 2.05) is 0 Å². The Bertz CT molecular complexity index is 920. The monoisotopic (exact) mass is 464 g/mol. The summed E-state index contributed by atoms with van der Waals surface area (Å²) in [6, 6.07) is 6.98. The zero-order chi connectivity index (χ0) is 21.9. The van der Waals surface area contributed by atoms with Crippen molar-refractivity contribution in [3.05, 3.63) is 73.7 Å². The lowest BCUT2D eigenvalue weighted by Crippen LogP contribution is -2.39. The number of nitrogens with two attached hydrogens (primary N) is 1. The second kappa shape index (κ2) is 9.39. The summed E-state index contributed by atoms with van der Waals surface area (Å²) in [6.45, 7) is 3.31. The largest absolute Gasteiger partial charge is 0.399 e. The second-order valence-corrected chi connectivity index (χ2v) is 7.71. The Morgan fingerprint density at radius 1 is 1.14 bits per heavy atom. The van der Waals surface area contributed by atoms with Gasteiger partial charge in [-0.2, -0.15) is 13.2 Å². The molecule has 0 spiro atoms. The summed E-state index contributed by atoms with van der Waals surface area (Å²) in [4.78, 5) is 12.1. The fraction of sp³-hybridized carbons (Fsp3) is 0.250. The zero-order valence-electron chi connectivity index (χ0n) is 15.4. The summed E-state index contributed by atoms with van der Waals surface area (Å²) in [5, 5.41) is 2.44. The van der Waals surface area contributed by atoms with Crippen LogP contribution in [-0.4, -0.2) is 18.2 Å². The number of rotatable bonds is 5. The minimum Gasteiger partial charge on any atom is -0.337 e. The molecule has 1 unspecified atom stereocenters. The molecule has 0 heterocycles. The molecule has 2 aromatic rings. The number of halogens is 6. The SMILES string of the molecule is Cc1cc(/C=C/C(c2cc(Cl)c(Cl)c(Cl)c2)C(F)(F)F)ccc1C(=O)N[C@H](C)N. The Morgan fingerprint density at radius 3 is 2.21 bits per heavy atom. The van der Waals surface area contributed by atoms with E-state index < -0.39 is 18.3 Å². The van der Waals surface area contributed by atoms with Crippen molar-refractivity contribution in [2.45, 2.75) is 32.1 Å². The topological polar surface area (TPSA) is 55.1 Å². The summed E-state index contributed by atoms with van der Waals surface area (Å²) >= 11 is 17.6. The van der Waals surface area contributed by atoms with Crippen LogP contribution in [-0.2, 0) is 0 Å². The van der Waals surface area contributed by atoms with Gasteiger partial charge in [-0.25, -0.2) is 0 Å². The number of nitrogens with one attached hydrogen (secondary N) is 1. The highest BCUT2D eigenvalue weighted by Crippen LogP contribution is 2.41. The molecular weight excluding hydrogens is 448 g/mol. The predicted molar refractivity (Wildman–Crippen MR) is 112 cm³/mol. The van der Waals surface area contributed by atoms with E-state index in [1.165, 1.54) is 12.1 Å². The molecular formula is C20H18Cl3F3N2O. The summed E-state index contributed by atoms with van der Waals surface area (Å²) in [5.74, 6) is -2.29. The first-order valence-corrected chi connectivity index (χ1v) is 9.60. The average molecular weight is 466 g/mol. The maximum atomic E-state index is 13.6. The molecule has 3 nitrogen and oxygen atoms in total. The van der Waals surface area contributed by atoms with Crippen molar-refractivity contribution in [2.75, 3.05) is 0 Å². The number of allylic oxidation sites excluding steroid dienone is 1. The molecule has 1 amide bonds. The molecule has 0 aromatic heterocycles. The Morgan fingerprint density at radius 2 is 1.72 bits per heavy atom. The van der Waals surface area contributed by atoms with E-state index in [0.29, 0.717) is 16.7 Å². The van der Waals surface area contributed by atoms with Crippen molar-refractivity contribution >= 4 is 46.8 Å². The van der Waals surface area contributed by atoms with Gasteiger partial charge in [0, 0.05) is 5.56 Å². The molecule has 0 bridgehead atoms. The van der Waals surface area contributed by atoms with Gasteiger partial charge in [0.25, 0.3) is 5.91 Å². The lowest BCUT2D eigenvalue weighted by atomic mass is 9.96. The maximum absolute atomic E-state index is 13.6. The quantitative estimate of drug-likeness (QED) is 0.399. The van der Waals surface area contributed by atoms with Gasteiger partial charge in [0.15, 0.2) is 0 Å². The normalized spacial score (nSPS) is 14.1. The third-order valence-electron chi connectivity index (χ3n) is 4.05. The van der Waals surface area contributed by atoms with E-state index in [2.05, 4.69) is 5.32 Å². The van der Waals surface area contributed by atoms with Crippen LogP contribution in [0.25, 0.3) is 6.08 Å². The number of benzene rings is 2. The third kappa shape index (κ3) is 6.12. The van der Waals surface area contributed by atoms with Crippen LogP contribution in [0.2, 0.25) is 15.1 Å². The fourth-order valence-electron chi connectivity index (χ4n) is 2.70. The molecule has 3 N–H and O–H groups in total. The van der Waals surface area contributed by atoms with Crippen molar-refractivity contribution < 1.29 is 18.0 Å². The van der Waals surface area contributed by atoms with Crippen LogP contribution >= 0.6 is 34.8 Å². The lowest BCUT2D eigenvalue weighted by Gasteiger charge is -2.18. The summed E-state index contributed by atoms with van der Waals surface area (Å²) in [7, 11) is 0. The summed E-state index contributed by atoms with van der Waals surface area (Å²) in [5.41, 5.74) is 6.91. The molecule has 9 heteroatoms. The summed E-state index contributed by atoms with van der Waals surface area (Å²) < 4.78 is 40.8. The Labute approximate surface area is 181 Å². The number of hydrogen-bond acceptors (Lipinski definition) is 2. The standard InChI is InChI=1S/C20H18Cl3F3N2O/c1-10-7-12(3-5-14(10)19(29)28-11(2)27)4-6-15(20(24,25)26)13-8-16(21)18(23)17(22)9-13/h3-9,11,15H,27H2,1-2H3,(H,28,29)/b6-4+/t11-,15?/m1/s1. The molecule has 2 aromatic carbocycles. The molecule has 0 saturated heterocycles. The number of carbonyl (C=O) groups is 1. The first-order chi connectivity index (χ1) is 13.4. The van der Waals surface area contributed by atoms with Gasteiger partial charge < -0.3 is 11.1 Å². The molecule has 0 saturated carbocycles. The van der Waals surface area contributed by atoms with Crippen LogP contribution in [0.5, 0.6) is 0 Å². The van der Waals surface area contributed by atoms with Crippen molar-refractivity contribution in [1.29, 1.82) is 0 Å². The highest BCUT2D eigenvalue weighted by Gasteiger charge is 2.39. The summed E-state index contributed by atoms with van der Waals surface area (Å²) in [6.07, 6.45) is -2.75. The molecule has 2 rings (SSSR count). The lowest BCUT2D eigenvalue weighted by molar-refractivity contribution is -0.139. The zero-order valence-corrected chi connectivity index (χ0v) is 17.7. The van der Waals surface area contributed by atoms with Crippen molar-refractivity contribution in [3.8, 4) is 0 Å². The average Bonchev–Trinajstić information content (AvgIpc) is 2.57. The number of hydrogen-bond donors (Lipinski definition) is 2. The van der Waals surface area contributed by atoms with Crippen molar-refractivity contribution in [1.82, 2.24) is 5.32 Å². The van der Waals surface area contributed by atoms with Crippen LogP contribution in [0.4, 0.5) is 13.2 Å². The number of carbonyl (C=O) groups excluding carboxylic acids is 1. The van der Waals surface area contributed by atoms with Gasteiger partial charge in [-0.3, -0.25) is 4.79 Å². The van der Waals surface area contributed by atoms with Gasteiger partial charge in [0.1, 0.15) is 0 Å². The van der Waals surface area contributed by atoms with Crippen molar-refractivity contribution in [2.24, 2.45) is 5.73 Å². The maximum Gasteiger partial charge on any atom is 0.399 e. The minimum absolute atomic E-state index is 0.00160. The van der Waals surface area contributed by atoms with E-state index >= 15 is 0 Å². The fourth-order valence-corrected chi connectivity index (χ4v) is 3.31. The number of aryl methyl sites for hydroxylation is 1. The first-order valence-electron chi connectivity index (χ1n) is 8.46. The van der Waals surface area contributed by atoms with Gasteiger partial charge in [-0.1, -0.05) is 59.1 Å². The Kier molecular flexibility index (Phi) is 7.62. The van der Waals surface area contributed by atoms with Crippen LogP contribution in [0.1, 0.15) is 39.9 Å². The number of alkyl halides is 3. The first kappa shape index (κ1) is 23.5. The predicted octanol–water partition coefficient (Wildman–Crippen LogP) is 6.35. The molecule has 0 aliphatic rings. The van der Waals surface area contributed by atoms with E-state index in [1.54, 1.807) is 26.0 Å². The molecule has 0 aliphatic heterocycles. The Hall–Kier alpha value is -1.73. The van der Waals surface area contributed by atoms with Crippen LogP contribution in [0.15, 0.2) is 36.4 Å². The van der Waals surface area contributed by atoms with E-state index in [0.717, 1.165) is 18.2 Å². The van der Waals surface area contributed by atoms with Crippen LogP contribution in [0, 0.1) is 6.92 Å². The number of amides is 1. The van der Waals surface area contributed by atoms with E-state index in [4.69, 9.17) is 40.5 Å². The van der Waals surface area contributed by atoms with Gasteiger partial charge in [0.05, 0.1) is 27.2 Å². The smallest absolute Gasteiger partial charge is 0.337 e. The molecule has 0 radical (unpaired) electrons. The van der Waals surface area contributed by atoms with E-state index in [-0.39, 0.29) is 26.5 Å². The van der Waals surface area contributed by atoms with Gasteiger partial charge in [0.2, 0.25) is 0 Å². The molecule has 0 fully saturated rings. The third-order valence-corrected chi connectivity index (χ3v) is 5.25. The molecule has 29 heavy (non-hydrogen) atoms. The second-order valence-electron chi connectivity index (χ2n) is 6.51. The minimum atomic E-state index is -4.57. The van der Waals surface area contributed by atoms with Crippen molar-refractivity contribution in [3.63, 3.8) is 0 Å². The van der Waals surface area contributed by atoms with Gasteiger partial charge in [-0.05, 0) is 48.7 Å². The highest BCUT2D eigenvalue weighted by atomic mass is 35.5. The van der Waals surface area contributed by atoms with Crippen LogP contribution < -0.4 is 11.1 Å². The Balaban J connectivity index is 2.35. The van der Waals surface area contributed by atoms with Crippen LogP contribution in [0.3, 0.4) is 0 Å².